The third-order valence-electron chi connectivity index (χ3n) is 3.36. The highest BCUT2D eigenvalue weighted by molar-refractivity contribution is 5.95. The minimum Gasteiger partial charge on any atom is -0.483 e. The maximum atomic E-state index is 12.0. The number of nitrogens with zero attached hydrogens (tertiary/aromatic N) is 1. The van der Waals surface area contributed by atoms with Crippen LogP contribution in [0.2, 0.25) is 0 Å². The lowest BCUT2D eigenvalue weighted by Gasteiger charge is -2.21. The molecule has 112 valence electrons. The zero-order chi connectivity index (χ0) is 15.4. The number of aliphatic carboxylic acids is 1. The van der Waals surface area contributed by atoms with E-state index < -0.39 is 23.8 Å². The van der Waals surface area contributed by atoms with Crippen molar-refractivity contribution in [2.75, 3.05) is 13.2 Å². The van der Waals surface area contributed by atoms with E-state index in [4.69, 9.17) is 15.6 Å². The molecule has 0 aliphatic carbocycles. The van der Waals surface area contributed by atoms with E-state index in [1.165, 1.54) is 17.0 Å². The third-order valence-corrected chi connectivity index (χ3v) is 3.36. The van der Waals surface area contributed by atoms with Gasteiger partial charge in [-0.15, -0.1) is 0 Å². The molecule has 1 heterocycles. The molecular weight excluding hydrogens is 276 g/mol. The van der Waals surface area contributed by atoms with Crippen molar-refractivity contribution in [3.8, 4) is 5.75 Å². The lowest BCUT2D eigenvalue weighted by molar-refractivity contribution is -0.148. The number of ether oxygens (including phenoxy) is 1. The molecular formula is C14H16N2O5. The standard InChI is InChI=1S/C14H16N2O5/c15-13(18)9-4-1-2-6-11(9)21-8-12(17)16-7-3-5-10(16)14(19)20/h1-2,4,6,10H,3,5,7-8H2,(H2,15,18)(H,19,20)/t10-/m0/s1. The molecule has 1 aliphatic rings. The third kappa shape index (κ3) is 3.31. The number of primary amides is 1. The van der Waals surface area contributed by atoms with E-state index in [0.29, 0.717) is 19.4 Å². The Kier molecular flexibility index (Phi) is 4.42. The van der Waals surface area contributed by atoms with Gasteiger partial charge in [0.2, 0.25) is 0 Å². The quantitative estimate of drug-likeness (QED) is 0.807. The predicted molar refractivity (Wildman–Crippen MR) is 72.8 cm³/mol. The van der Waals surface area contributed by atoms with E-state index in [1.807, 2.05) is 0 Å². The van der Waals surface area contributed by atoms with Gasteiger partial charge in [0.15, 0.2) is 6.61 Å². The van der Waals surface area contributed by atoms with Crippen LogP contribution in [0.25, 0.3) is 0 Å². The number of benzene rings is 1. The number of nitrogens with two attached hydrogens (primary N) is 1. The number of hydrogen-bond acceptors (Lipinski definition) is 4. The molecule has 0 aromatic heterocycles. The molecule has 1 aromatic rings. The molecule has 1 aliphatic heterocycles. The summed E-state index contributed by atoms with van der Waals surface area (Å²) in [5.41, 5.74) is 5.39. The minimum absolute atomic E-state index is 0.182. The molecule has 1 fully saturated rings. The van der Waals surface area contributed by atoms with E-state index in [-0.39, 0.29) is 17.9 Å². The zero-order valence-corrected chi connectivity index (χ0v) is 11.3. The molecule has 0 radical (unpaired) electrons. The number of carbonyl (C=O) groups excluding carboxylic acids is 2. The summed E-state index contributed by atoms with van der Waals surface area (Å²) >= 11 is 0. The molecule has 21 heavy (non-hydrogen) atoms. The summed E-state index contributed by atoms with van der Waals surface area (Å²) in [6.07, 6.45) is 1.10. The molecule has 0 spiro atoms. The number of carboxylic acid groups (broad SMARTS) is 1. The van der Waals surface area contributed by atoms with Gasteiger partial charge in [0, 0.05) is 6.54 Å². The van der Waals surface area contributed by atoms with Gasteiger partial charge in [0.05, 0.1) is 5.56 Å². The second kappa shape index (κ2) is 6.25. The highest BCUT2D eigenvalue weighted by Crippen LogP contribution is 2.20. The van der Waals surface area contributed by atoms with Crippen molar-refractivity contribution in [3.05, 3.63) is 29.8 Å². The van der Waals surface area contributed by atoms with Gasteiger partial charge in [0.1, 0.15) is 11.8 Å². The number of amides is 2. The fraction of sp³-hybridized carbons (Fsp3) is 0.357. The van der Waals surface area contributed by atoms with Crippen LogP contribution in [-0.2, 0) is 9.59 Å². The Hall–Kier alpha value is -2.57. The minimum atomic E-state index is -1.02. The average molecular weight is 292 g/mol. The summed E-state index contributed by atoms with van der Waals surface area (Å²) in [4.78, 5) is 35.6. The zero-order valence-electron chi connectivity index (χ0n) is 11.3. The van der Waals surface area contributed by atoms with Crippen LogP contribution in [-0.4, -0.2) is 47.0 Å². The van der Waals surface area contributed by atoms with Crippen LogP contribution >= 0.6 is 0 Å². The molecule has 0 bridgehead atoms. The molecule has 7 heteroatoms. The van der Waals surface area contributed by atoms with Gasteiger partial charge >= 0.3 is 5.97 Å². The van der Waals surface area contributed by atoms with E-state index in [0.717, 1.165) is 0 Å². The second-order valence-corrected chi connectivity index (χ2v) is 4.73. The first-order chi connectivity index (χ1) is 10.0. The fourth-order valence-corrected chi connectivity index (χ4v) is 2.34. The van der Waals surface area contributed by atoms with Gasteiger partial charge in [-0.3, -0.25) is 9.59 Å². The fourth-order valence-electron chi connectivity index (χ4n) is 2.34. The first-order valence-electron chi connectivity index (χ1n) is 6.54. The summed E-state index contributed by atoms with van der Waals surface area (Å²) in [7, 11) is 0. The van der Waals surface area contributed by atoms with Crippen molar-refractivity contribution in [1.82, 2.24) is 4.90 Å². The van der Waals surface area contributed by atoms with Crippen molar-refractivity contribution in [2.45, 2.75) is 18.9 Å². The van der Waals surface area contributed by atoms with Crippen molar-refractivity contribution in [3.63, 3.8) is 0 Å². The van der Waals surface area contributed by atoms with Crippen molar-refractivity contribution >= 4 is 17.8 Å². The van der Waals surface area contributed by atoms with Crippen LogP contribution in [0.15, 0.2) is 24.3 Å². The molecule has 2 amide bonds. The van der Waals surface area contributed by atoms with Gasteiger partial charge in [-0.1, -0.05) is 12.1 Å². The van der Waals surface area contributed by atoms with Crippen LogP contribution < -0.4 is 10.5 Å². The molecule has 1 atom stereocenters. The van der Waals surface area contributed by atoms with Crippen LogP contribution in [0.4, 0.5) is 0 Å². The average Bonchev–Trinajstić information content (AvgIpc) is 2.94. The van der Waals surface area contributed by atoms with Gasteiger partial charge in [0.25, 0.3) is 11.8 Å². The molecule has 0 saturated carbocycles. The number of carboxylic acids is 1. The van der Waals surface area contributed by atoms with Crippen molar-refractivity contribution in [1.29, 1.82) is 0 Å². The Labute approximate surface area is 121 Å². The summed E-state index contributed by atoms with van der Waals surface area (Å²) in [6, 6.07) is 5.52. The number of hydrogen-bond donors (Lipinski definition) is 2. The van der Waals surface area contributed by atoms with Crippen LogP contribution in [0, 0.1) is 0 Å². The monoisotopic (exact) mass is 292 g/mol. The van der Waals surface area contributed by atoms with Gasteiger partial charge < -0.3 is 20.5 Å². The summed E-state index contributed by atoms with van der Waals surface area (Å²) in [5.74, 6) is -1.87. The van der Waals surface area contributed by atoms with E-state index in [1.54, 1.807) is 12.1 Å². The maximum absolute atomic E-state index is 12.0. The predicted octanol–water partition coefficient (Wildman–Crippen LogP) is 0.240. The summed E-state index contributed by atoms with van der Waals surface area (Å²) < 4.78 is 5.32. The van der Waals surface area contributed by atoms with E-state index >= 15 is 0 Å². The van der Waals surface area contributed by atoms with Crippen LogP contribution in [0.3, 0.4) is 0 Å². The Morgan fingerprint density at radius 2 is 2.05 bits per heavy atom. The highest BCUT2D eigenvalue weighted by Gasteiger charge is 2.34. The van der Waals surface area contributed by atoms with E-state index in [2.05, 4.69) is 0 Å². The maximum Gasteiger partial charge on any atom is 0.326 e. The second-order valence-electron chi connectivity index (χ2n) is 4.73. The Bertz CT molecular complexity index is 572. The largest absolute Gasteiger partial charge is 0.483 e. The SMILES string of the molecule is NC(=O)c1ccccc1OCC(=O)N1CCC[C@H]1C(=O)O. The smallest absolute Gasteiger partial charge is 0.326 e. The number of rotatable bonds is 5. The molecule has 1 aromatic carbocycles. The topological polar surface area (TPSA) is 110 Å². The molecule has 1 saturated heterocycles. The molecule has 7 nitrogen and oxygen atoms in total. The van der Waals surface area contributed by atoms with E-state index in [9.17, 15) is 14.4 Å². The number of para-hydroxylation sites is 1. The summed E-state index contributed by atoms with van der Waals surface area (Å²) in [5, 5.41) is 9.04. The van der Waals surface area contributed by atoms with Crippen LogP contribution in [0.5, 0.6) is 5.75 Å². The first kappa shape index (κ1) is 14.8. The Balaban J connectivity index is 2.02. The molecule has 0 unspecified atom stereocenters. The van der Waals surface area contributed by atoms with Crippen molar-refractivity contribution in [2.24, 2.45) is 5.73 Å². The van der Waals surface area contributed by atoms with Gasteiger partial charge in [-0.2, -0.15) is 0 Å². The first-order valence-corrected chi connectivity index (χ1v) is 6.54. The van der Waals surface area contributed by atoms with Gasteiger partial charge in [-0.25, -0.2) is 4.79 Å². The normalized spacial score (nSPS) is 17.5. The highest BCUT2D eigenvalue weighted by atomic mass is 16.5. The molecule has 3 N–H and O–H groups in total. The lowest BCUT2D eigenvalue weighted by atomic mass is 10.2. The van der Waals surface area contributed by atoms with Crippen LogP contribution in [0.1, 0.15) is 23.2 Å². The Morgan fingerprint density at radius 3 is 2.71 bits per heavy atom. The Morgan fingerprint density at radius 1 is 1.33 bits per heavy atom. The molecule has 2 rings (SSSR count). The number of likely N-dealkylation sites (tertiary alicyclic amines) is 1. The number of carbonyl (C=O) groups is 3. The van der Waals surface area contributed by atoms with Gasteiger partial charge in [-0.05, 0) is 25.0 Å². The van der Waals surface area contributed by atoms with Crippen molar-refractivity contribution < 1.29 is 24.2 Å². The summed E-state index contributed by atoms with van der Waals surface area (Å²) in [6.45, 7) is 0.0741. The lowest BCUT2D eigenvalue weighted by Crippen LogP contribution is -2.42.